The zero-order valence-corrected chi connectivity index (χ0v) is 11.7. The number of nitrogens with zero attached hydrogens (tertiary/aromatic N) is 3. The molecule has 98 valence electrons. The first-order chi connectivity index (χ1) is 8.93. The molecular weight excluding hydrogens is 287 g/mol. The van der Waals surface area contributed by atoms with Gasteiger partial charge in [0.25, 0.3) is 0 Å². The summed E-state index contributed by atoms with van der Waals surface area (Å²) in [6.45, 7) is 1.73. The Kier molecular flexibility index (Phi) is 3.56. The number of nitrogen functional groups attached to an aromatic ring is 1. The lowest BCUT2D eigenvalue weighted by molar-refractivity contribution is 0.431. The highest BCUT2D eigenvalue weighted by Gasteiger charge is 2.17. The molecule has 0 aliphatic carbocycles. The smallest absolute Gasteiger partial charge is 0.235 e. The van der Waals surface area contributed by atoms with E-state index in [2.05, 4.69) is 5.10 Å². The quantitative estimate of drug-likeness (QED) is 0.863. The van der Waals surface area contributed by atoms with Crippen LogP contribution in [0.4, 0.5) is 5.69 Å². The maximum absolute atomic E-state index is 9.10. The summed E-state index contributed by atoms with van der Waals surface area (Å²) >= 11 is 11.8. The van der Waals surface area contributed by atoms with Crippen molar-refractivity contribution in [3.63, 3.8) is 0 Å². The van der Waals surface area contributed by atoms with Crippen LogP contribution in [0, 0.1) is 18.3 Å². The third-order valence-electron chi connectivity index (χ3n) is 2.54. The normalized spacial score (nSPS) is 10.3. The number of nitriles is 1. The van der Waals surface area contributed by atoms with Gasteiger partial charge in [0.15, 0.2) is 5.75 Å². The Morgan fingerprint density at radius 2 is 2.00 bits per heavy atom. The highest BCUT2D eigenvalue weighted by Crippen LogP contribution is 2.36. The van der Waals surface area contributed by atoms with Crippen LogP contribution in [0.1, 0.15) is 11.3 Å². The van der Waals surface area contributed by atoms with Gasteiger partial charge in [-0.25, -0.2) is 4.68 Å². The van der Waals surface area contributed by atoms with Crippen LogP contribution < -0.4 is 10.5 Å². The van der Waals surface area contributed by atoms with E-state index in [1.807, 2.05) is 6.07 Å². The first kappa shape index (κ1) is 13.5. The molecule has 0 aliphatic rings. The van der Waals surface area contributed by atoms with Crippen LogP contribution >= 0.6 is 23.2 Å². The molecule has 2 N–H and O–H groups in total. The highest BCUT2D eigenvalue weighted by molar-refractivity contribution is 6.42. The number of nitrogens with two attached hydrogens (primary N) is 1. The van der Waals surface area contributed by atoms with Crippen molar-refractivity contribution in [3.05, 3.63) is 33.4 Å². The minimum Gasteiger partial charge on any atom is -0.436 e. The van der Waals surface area contributed by atoms with Crippen LogP contribution in [0.2, 0.25) is 10.0 Å². The van der Waals surface area contributed by atoms with Crippen molar-refractivity contribution < 1.29 is 4.74 Å². The Morgan fingerprint density at radius 3 is 2.63 bits per heavy atom. The van der Waals surface area contributed by atoms with Crippen LogP contribution in [0.15, 0.2) is 12.1 Å². The molecular formula is C12H10Cl2N4O. The van der Waals surface area contributed by atoms with Crippen LogP contribution in [0.3, 0.4) is 0 Å². The number of rotatable bonds is 2. The van der Waals surface area contributed by atoms with Gasteiger partial charge in [-0.3, -0.25) is 0 Å². The van der Waals surface area contributed by atoms with Gasteiger partial charge in [0, 0.05) is 13.1 Å². The lowest BCUT2D eigenvalue weighted by Gasteiger charge is -2.10. The third kappa shape index (κ3) is 2.46. The highest BCUT2D eigenvalue weighted by atomic mass is 35.5. The number of benzene rings is 1. The molecule has 1 aromatic carbocycles. The van der Waals surface area contributed by atoms with Gasteiger partial charge in [-0.1, -0.05) is 23.2 Å². The number of hydrogen-bond donors (Lipinski definition) is 1. The maximum Gasteiger partial charge on any atom is 0.235 e. The van der Waals surface area contributed by atoms with Gasteiger partial charge in [0.2, 0.25) is 5.88 Å². The van der Waals surface area contributed by atoms with Gasteiger partial charge in [-0.2, -0.15) is 10.4 Å². The SMILES string of the molecule is Cc1nn(C)c(Oc2cc(Cl)c(Cl)cc2N)c1C#N. The second kappa shape index (κ2) is 5.00. The molecule has 0 saturated heterocycles. The molecule has 19 heavy (non-hydrogen) atoms. The number of hydrogen-bond acceptors (Lipinski definition) is 4. The second-order valence-corrected chi connectivity index (χ2v) is 4.72. The second-order valence-electron chi connectivity index (χ2n) is 3.91. The fourth-order valence-electron chi connectivity index (χ4n) is 1.62. The van der Waals surface area contributed by atoms with E-state index >= 15 is 0 Å². The summed E-state index contributed by atoms with van der Waals surface area (Å²) in [5.74, 6) is 0.638. The summed E-state index contributed by atoms with van der Waals surface area (Å²) in [5, 5.41) is 13.9. The van der Waals surface area contributed by atoms with Gasteiger partial charge in [0.05, 0.1) is 21.4 Å². The van der Waals surface area contributed by atoms with Crippen LogP contribution in [-0.2, 0) is 7.05 Å². The van der Waals surface area contributed by atoms with Crippen molar-refractivity contribution in [2.24, 2.45) is 7.05 Å². The summed E-state index contributed by atoms with van der Waals surface area (Å²) in [5.41, 5.74) is 7.07. The molecule has 0 radical (unpaired) electrons. The van der Waals surface area contributed by atoms with E-state index in [-0.39, 0.29) is 0 Å². The number of aromatic nitrogens is 2. The molecule has 0 amide bonds. The first-order valence-corrected chi connectivity index (χ1v) is 6.05. The molecule has 0 spiro atoms. The average molecular weight is 297 g/mol. The number of halogens is 2. The lowest BCUT2D eigenvalue weighted by Crippen LogP contribution is -1.99. The zero-order chi connectivity index (χ0) is 14.2. The van der Waals surface area contributed by atoms with Crippen molar-refractivity contribution in [2.75, 3.05) is 5.73 Å². The van der Waals surface area contributed by atoms with Crippen molar-refractivity contribution in [2.45, 2.75) is 6.92 Å². The molecule has 1 heterocycles. The Labute approximate surface area is 120 Å². The number of ether oxygens (including phenoxy) is 1. The van der Waals surface area contributed by atoms with Gasteiger partial charge in [-0.15, -0.1) is 0 Å². The van der Waals surface area contributed by atoms with Crippen molar-refractivity contribution in [1.29, 1.82) is 5.26 Å². The fraction of sp³-hybridized carbons (Fsp3) is 0.167. The molecule has 2 aromatic rings. The molecule has 1 aromatic heterocycles. The van der Waals surface area contributed by atoms with E-state index in [4.69, 9.17) is 38.9 Å². The molecule has 0 fully saturated rings. The van der Waals surface area contributed by atoms with Gasteiger partial charge in [0.1, 0.15) is 11.6 Å². The number of anilines is 1. The molecule has 2 rings (SSSR count). The largest absolute Gasteiger partial charge is 0.436 e. The van der Waals surface area contributed by atoms with Gasteiger partial charge in [-0.05, 0) is 13.0 Å². The predicted octanol–water partition coefficient (Wildman–Crippen LogP) is 3.28. The maximum atomic E-state index is 9.10. The van der Waals surface area contributed by atoms with Crippen molar-refractivity contribution in [1.82, 2.24) is 9.78 Å². The summed E-state index contributed by atoms with van der Waals surface area (Å²) < 4.78 is 7.10. The molecule has 0 atom stereocenters. The Morgan fingerprint density at radius 1 is 1.37 bits per heavy atom. The van der Waals surface area contributed by atoms with Crippen LogP contribution in [0.5, 0.6) is 11.6 Å². The molecule has 5 nitrogen and oxygen atoms in total. The average Bonchev–Trinajstić information content (AvgIpc) is 2.60. The molecule has 0 aliphatic heterocycles. The Hall–Kier alpha value is -1.90. The number of aryl methyl sites for hydroxylation is 2. The minimum absolute atomic E-state index is 0.310. The third-order valence-corrected chi connectivity index (χ3v) is 3.26. The molecule has 0 unspecified atom stereocenters. The molecule has 7 heteroatoms. The summed E-state index contributed by atoms with van der Waals surface area (Å²) in [4.78, 5) is 0. The van der Waals surface area contributed by atoms with Crippen molar-refractivity contribution >= 4 is 28.9 Å². The van der Waals surface area contributed by atoms with E-state index < -0.39 is 0 Å². The predicted molar refractivity (Wildman–Crippen MR) is 73.6 cm³/mol. The van der Waals surface area contributed by atoms with Crippen molar-refractivity contribution in [3.8, 4) is 17.7 Å². The Bertz CT molecular complexity index is 688. The standard InChI is InChI=1S/C12H10Cl2N4O/c1-6-7(5-15)12(18(2)17-6)19-11-4-9(14)8(13)3-10(11)16/h3-4H,16H2,1-2H3. The summed E-state index contributed by atoms with van der Waals surface area (Å²) in [6, 6.07) is 5.04. The lowest BCUT2D eigenvalue weighted by atomic mass is 10.2. The zero-order valence-electron chi connectivity index (χ0n) is 10.2. The molecule has 0 bridgehead atoms. The summed E-state index contributed by atoms with van der Waals surface area (Å²) in [7, 11) is 1.68. The first-order valence-electron chi connectivity index (χ1n) is 5.30. The fourth-order valence-corrected chi connectivity index (χ4v) is 1.95. The monoisotopic (exact) mass is 296 g/mol. The van der Waals surface area contributed by atoms with Gasteiger partial charge >= 0.3 is 0 Å². The van der Waals surface area contributed by atoms with Crippen LogP contribution in [-0.4, -0.2) is 9.78 Å². The van der Waals surface area contributed by atoms with E-state index in [0.29, 0.717) is 38.6 Å². The summed E-state index contributed by atoms with van der Waals surface area (Å²) in [6.07, 6.45) is 0. The topological polar surface area (TPSA) is 76.9 Å². The van der Waals surface area contributed by atoms with E-state index in [1.54, 1.807) is 14.0 Å². The Balaban J connectivity index is 2.48. The molecule has 0 saturated carbocycles. The van der Waals surface area contributed by atoms with Crippen LogP contribution in [0.25, 0.3) is 0 Å². The van der Waals surface area contributed by atoms with E-state index in [0.717, 1.165) is 0 Å². The van der Waals surface area contributed by atoms with Gasteiger partial charge < -0.3 is 10.5 Å². The van der Waals surface area contributed by atoms with E-state index in [1.165, 1.54) is 16.8 Å². The minimum atomic E-state index is 0.310. The van der Waals surface area contributed by atoms with E-state index in [9.17, 15) is 0 Å².